The van der Waals surface area contributed by atoms with Crippen LogP contribution in [0.2, 0.25) is 0 Å². The molecule has 0 radical (unpaired) electrons. The minimum absolute atomic E-state index is 0.00978. The maximum absolute atomic E-state index is 12.2. The highest BCUT2D eigenvalue weighted by atomic mass is 16.2. The second-order valence-corrected chi connectivity index (χ2v) is 5.83. The fourth-order valence-electron chi connectivity index (χ4n) is 2.50. The minimum Gasteiger partial charge on any atom is -0.394 e. The molecular weight excluding hydrogens is 316 g/mol. The van der Waals surface area contributed by atoms with Crippen LogP contribution in [0.3, 0.4) is 0 Å². The van der Waals surface area contributed by atoms with Crippen molar-refractivity contribution in [1.82, 2.24) is 9.88 Å². The van der Waals surface area contributed by atoms with Gasteiger partial charge in [-0.15, -0.1) is 0 Å². The predicted octanol–water partition coefficient (Wildman–Crippen LogP) is 2.35. The van der Waals surface area contributed by atoms with Crippen molar-refractivity contribution in [1.29, 1.82) is 0 Å². The predicted molar refractivity (Wildman–Crippen MR) is 99.0 cm³/mol. The Morgan fingerprint density at radius 3 is 2.52 bits per heavy atom. The fourth-order valence-corrected chi connectivity index (χ4v) is 2.50. The summed E-state index contributed by atoms with van der Waals surface area (Å²) in [7, 11) is 1.56. The van der Waals surface area contributed by atoms with Gasteiger partial charge in [0.25, 0.3) is 0 Å². The third kappa shape index (κ3) is 4.29. The molecule has 0 aliphatic rings. The third-order valence-corrected chi connectivity index (χ3v) is 3.81. The van der Waals surface area contributed by atoms with E-state index in [9.17, 15) is 9.59 Å². The first-order valence-corrected chi connectivity index (χ1v) is 7.90. The van der Waals surface area contributed by atoms with Crippen molar-refractivity contribution < 1.29 is 9.59 Å². The Kier molecular flexibility index (Phi) is 5.64. The van der Waals surface area contributed by atoms with Gasteiger partial charge >= 0.3 is 0 Å². The van der Waals surface area contributed by atoms with Gasteiger partial charge in [-0.1, -0.05) is 18.2 Å². The molecule has 0 unspecified atom stereocenters. The number of rotatable bonds is 5. The van der Waals surface area contributed by atoms with Gasteiger partial charge in [-0.2, -0.15) is 0 Å². The zero-order valence-corrected chi connectivity index (χ0v) is 14.9. The fraction of sp³-hybridized carbons (Fsp3) is 0.263. The molecule has 0 saturated carbocycles. The van der Waals surface area contributed by atoms with Gasteiger partial charge in [0.15, 0.2) is 5.78 Å². The molecule has 0 fully saturated rings. The number of aliphatic imine (C=N–C) groups is 1. The Morgan fingerprint density at radius 1 is 1.24 bits per heavy atom. The first-order valence-electron chi connectivity index (χ1n) is 7.90. The van der Waals surface area contributed by atoms with Gasteiger partial charge in [-0.05, 0) is 24.6 Å². The average molecular weight is 338 g/mol. The Hall–Kier alpha value is -3.02. The molecule has 2 aromatic rings. The van der Waals surface area contributed by atoms with E-state index in [-0.39, 0.29) is 23.9 Å². The summed E-state index contributed by atoms with van der Waals surface area (Å²) in [4.78, 5) is 33.7. The van der Waals surface area contributed by atoms with Crippen molar-refractivity contribution in [2.75, 3.05) is 7.05 Å². The number of Topliss-reactive ketones (excluding diaryl/α,β-unsaturated/α-hetero) is 1. The SMILES string of the molecule is CN=C/C(=C(\N)C(C)=O)N(Cc1ccc2ccc(C)nc2c1)C(C)=O. The molecule has 25 heavy (non-hydrogen) atoms. The quantitative estimate of drug-likeness (QED) is 0.669. The van der Waals surface area contributed by atoms with Crippen LogP contribution in [0.15, 0.2) is 46.7 Å². The van der Waals surface area contributed by atoms with Crippen LogP contribution in [0.1, 0.15) is 25.1 Å². The molecule has 0 aliphatic carbocycles. The summed E-state index contributed by atoms with van der Waals surface area (Å²) in [5, 5.41) is 1.03. The average Bonchev–Trinajstić information content (AvgIpc) is 2.56. The van der Waals surface area contributed by atoms with Crippen molar-refractivity contribution in [2.45, 2.75) is 27.3 Å². The van der Waals surface area contributed by atoms with Crippen LogP contribution < -0.4 is 5.73 Å². The van der Waals surface area contributed by atoms with E-state index in [0.29, 0.717) is 5.70 Å². The van der Waals surface area contributed by atoms with Crippen molar-refractivity contribution in [2.24, 2.45) is 10.7 Å². The molecule has 1 aromatic heterocycles. The number of hydrogen-bond acceptors (Lipinski definition) is 5. The highest BCUT2D eigenvalue weighted by Gasteiger charge is 2.18. The number of aromatic nitrogens is 1. The number of fused-ring (bicyclic) bond motifs is 1. The van der Waals surface area contributed by atoms with Crippen LogP contribution in [0, 0.1) is 6.92 Å². The Balaban J connectivity index is 2.47. The first kappa shape index (κ1) is 18.3. The molecule has 0 saturated heterocycles. The molecule has 6 heteroatoms. The van der Waals surface area contributed by atoms with E-state index in [1.54, 1.807) is 7.05 Å². The second-order valence-electron chi connectivity index (χ2n) is 5.83. The van der Waals surface area contributed by atoms with Crippen LogP contribution >= 0.6 is 0 Å². The number of nitrogens with zero attached hydrogens (tertiary/aromatic N) is 3. The first-order chi connectivity index (χ1) is 11.8. The molecule has 6 nitrogen and oxygen atoms in total. The third-order valence-electron chi connectivity index (χ3n) is 3.81. The van der Waals surface area contributed by atoms with Gasteiger partial charge in [0.1, 0.15) is 5.70 Å². The van der Waals surface area contributed by atoms with E-state index >= 15 is 0 Å². The van der Waals surface area contributed by atoms with Crippen LogP contribution in [-0.2, 0) is 16.1 Å². The standard InChI is InChI=1S/C19H22N4O2/c1-12-5-7-16-8-6-15(9-17(16)22-12)11-23(14(3)25)18(10-21-4)19(20)13(2)24/h5-10H,11,20H2,1-4H3/b19-18+,21-10?. The largest absolute Gasteiger partial charge is 0.394 e. The lowest BCUT2D eigenvalue weighted by Gasteiger charge is -2.23. The van der Waals surface area contributed by atoms with Gasteiger partial charge in [0, 0.05) is 38.2 Å². The number of carbonyl (C=O) groups excluding carboxylic acids is 2. The van der Waals surface area contributed by atoms with E-state index in [2.05, 4.69) is 9.98 Å². The number of nitrogens with two attached hydrogens (primary N) is 1. The Bertz CT molecular complexity index is 884. The molecule has 2 rings (SSSR count). The van der Waals surface area contributed by atoms with Gasteiger partial charge in [-0.3, -0.25) is 19.6 Å². The van der Waals surface area contributed by atoms with Crippen molar-refractivity contribution in [3.8, 4) is 0 Å². The summed E-state index contributed by atoms with van der Waals surface area (Å²) in [5.74, 6) is -0.534. The van der Waals surface area contributed by atoms with Crippen molar-refractivity contribution in [3.63, 3.8) is 0 Å². The maximum Gasteiger partial charge on any atom is 0.224 e. The van der Waals surface area contributed by atoms with E-state index in [0.717, 1.165) is 22.2 Å². The zero-order chi connectivity index (χ0) is 18.6. The highest BCUT2D eigenvalue weighted by molar-refractivity contribution is 6.00. The smallest absolute Gasteiger partial charge is 0.224 e. The molecule has 0 bridgehead atoms. The van der Waals surface area contributed by atoms with Gasteiger partial charge in [-0.25, -0.2) is 0 Å². The van der Waals surface area contributed by atoms with E-state index in [4.69, 9.17) is 5.73 Å². The molecule has 130 valence electrons. The number of carbonyl (C=O) groups is 2. The summed E-state index contributed by atoms with van der Waals surface area (Å²) in [6.07, 6.45) is 1.43. The van der Waals surface area contributed by atoms with Gasteiger partial charge in [0.2, 0.25) is 5.91 Å². The van der Waals surface area contributed by atoms with Crippen LogP contribution in [0.25, 0.3) is 10.9 Å². The molecular formula is C19H22N4O2. The Labute approximate surface area is 147 Å². The minimum atomic E-state index is -0.308. The summed E-state index contributed by atoms with van der Waals surface area (Å²) in [6.45, 7) is 5.00. The Morgan fingerprint density at radius 2 is 1.92 bits per heavy atom. The molecule has 1 heterocycles. The molecule has 0 atom stereocenters. The number of benzene rings is 1. The number of aryl methyl sites for hydroxylation is 1. The topological polar surface area (TPSA) is 88.7 Å². The molecule has 0 aliphatic heterocycles. The van der Waals surface area contributed by atoms with Gasteiger partial charge < -0.3 is 10.6 Å². The monoisotopic (exact) mass is 338 g/mol. The summed E-state index contributed by atoms with van der Waals surface area (Å²) in [6, 6.07) is 9.78. The van der Waals surface area contributed by atoms with Crippen molar-refractivity contribution >= 4 is 28.8 Å². The second kappa shape index (κ2) is 7.70. The molecule has 1 amide bonds. The summed E-state index contributed by atoms with van der Waals surface area (Å²) < 4.78 is 0. The zero-order valence-electron chi connectivity index (χ0n) is 14.9. The van der Waals surface area contributed by atoms with Crippen LogP contribution in [-0.4, -0.2) is 34.8 Å². The van der Waals surface area contributed by atoms with Crippen LogP contribution in [0.5, 0.6) is 0 Å². The number of amides is 1. The number of ketones is 1. The molecule has 2 N–H and O–H groups in total. The molecule has 1 aromatic carbocycles. The number of hydrogen-bond donors (Lipinski definition) is 1. The lowest BCUT2D eigenvalue weighted by Crippen LogP contribution is -2.32. The number of pyridine rings is 1. The normalized spacial score (nSPS) is 12.3. The summed E-state index contributed by atoms with van der Waals surface area (Å²) in [5.41, 5.74) is 8.87. The van der Waals surface area contributed by atoms with E-state index in [1.807, 2.05) is 37.3 Å². The van der Waals surface area contributed by atoms with Crippen LogP contribution in [0.4, 0.5) is 0 Å². The van der Waals surface area contributed by atoms with E-state index < -0.39 is 0 Å². The summed E-state index contributed by atoms with van der Waals surface area (Å²) >= 11 is 0. The maximum atomic E-state index is 12.2. The lowest BCUT2D eigenvalue weighted by atomic mass is 10.1. The molecule has 0 spiro atoms. The number of allylic oxidation sites excluding steroid dienone is 2. The van der Waals surface area contributed by atoms with Crippen molar-refractivity contribution in [3.05, 3.63) is 53.0 Å². The highest BCUT2D eigenvalue weighted by Crippen LogP contribution is 2.18. The lowest BCUT2D eigenvalue weighted by molar-refractivity contribution is -0.127. The van der Waals surface area contributed by atoms with Gasteiger partial charge in [0.05, 0.1) is 17.8 Å². The van der Waals surface area contributed by atoms with E-state index in [1.165, 1.54) is 25.0 Å².